The number of nitrogens with zero attached hydrogens (tertiary/aromatic N) is 2. The zero-order chi connectivity index (χ0) is 41.3. The van der Waals surface area contributed by atoms with Gasteiger partial charge in [-0.1, -0.05) is 105 Å². The SMILES string of the molecule is CC(NC=O)C(O)c1ccccc1.CCC.CCC(C)C(C(CC(=O)N1C(C(OC)C(C)C)CC2C(C)C21)OC)N(C)C(=O)CNC(=O)C(NC)C(C)C. The lowest BCUT2D eigenvalue weighted by Gasteiger charge is -2.40. The summed E-state index contributed by atoms with van der Waals surface area (Å²) < 4.78 is 11.8. The molecule has 4 N–H and O–H groups in total. The molecule has 54 heavy (non-hydrogen) atoms. The number of piperidine rings is 1. The van der Waals surface area contributed by atoms with Crippen LogP contribution in [0.2, 0.25) is 0 Å². The number of amides is 4. The summed E-state index contributed by atoms with van der Waals surface area (Å²) in [4.78, 5) is 53.5. The minimum absolute atomic E-state index is 0.00885. The molecule has 0 bridgehead atoms. The number of benzene rings is 1. The monoisotopic (exact) mass is 762 g/mol. The predicted molar refractivity (Wildman–Crippen MR) is 215 cm³/mol. The van der Waals surface area contributed by atoms with Crippen molar-refractivity contribution < 1.29 is 33.8 Å². The summed E-state index contributed by atoms with van der Waals surface area (Å²) in [7, 11) is 6.83. The largest absolute Gasteiger partial charge is 0.386 e. The fraction of sp³-hybridized carbons (Fsp3) is 0.762. The molecular formula is C42H75N5O7. The van der Waals surface area contributed by atoms with E-state index in [2.05, 4.69) is 69.3 Å². The smallest absolute Gasteiger partial charge is 0.242 e. The second-order valence-corrected chi connectivity index (χ2v) is 15.8. The minimum atomic E-state index is -0.647. The second kappa shape index (κ2) is 24.5. The first kappa shape index (κ1) is 49.0. The number of nitrogens with one attached hydrogen (secondary N) is 3. The highest BCUT2D eigenvalue weighted by Crippen LogP contribution is 2.54. The van der Waals surface area contributed by atoms with Gasteiger partial charge in [-0.25, -0.2) is 0 Å². The van der Waals surface area contributed by atoms with E-state index in [-0.39, 0.29) is 78.8 Å². The third kappa shape index (κ3) is 13.6. The van der Waals surface area contributed by atoms with Gasteiger partial charge in [-0.15, -0.1) is 0 Å². The predicted octanol–water partition coefficient (Wildman–Crippen LogP) is 4.80. The molecule has 4 amide bonds. The summed E-state index contributed by atoms with van der Waals surface area (Å²) in [6.07, 6.45) is 2.73. The Kier molecular flexibility index (Phi) is 22.2. The Hall–Kier alpha value is -3.06. The summed E-state index contributed by atoms with van der Waals surface area (Å²) >= 11 is 0. The Morgan fingerprint density at radius 1 is 1.00 bits per heavy atom. The molecule has 1 heterocycles. The van der Waals surface area contributed by atoms with Gasteiger partial charge in [0.15, 0.2) is 0 Å². The number of hydrogen-bond donors (Lipinski definition) is 4. The number of methoxy groups -OCH3 is 2. The Labute approximate surface area is 326 Å². The van der Waals surface area contributed by atoms with Crippen molar-refractivity contribution in [2.75, 3.05) is 34.9 Å². The lowest BCUT2D eigenvalue weighted by atomic mass is 9.90. The van der Waals surface area contributed by atoms with Crippen molar-refractivity contribution in [1.29, 1.82) is 0 Å². The standard InChI is InChI=1S/C29H54N4O5.C10H13NO2.C3H8/c1-12-18(6)26(32(9)24(35)15-31-29(36)25(30-8)16(2)3)22(37-10)14-23(34)33-21(28(38-11)17(4)5)13-20-19(7)27(20)33;1-8(11-7-12)10(13)9-5-3-2-4-6-9;1-3-2/h16-22,25-28,30H,12-15H2,1-11H3,(H,31,36);2-8,10,13H,1H3,(H,11,12);3H2,1-2H3. The number of fused-ring (bicyclic) bond motifs is 1. The number of aliphatic hydroxyl groups is 1. The molecule has 12 heteroatoms. The van der Waals surface area contributed by atoms with Gasteiger partial charge in [0, 0.05) is 27.3 Å². The van der Waals surface area contributed by atoms with E-state index in [0.717, 1.165) is 18.4 Å². The summed E-state index contributed by atoms with van der Waals surface area (Å²) in [5.41, 5.74) is 0.810. The molecule has 11 atom stereocenters. The Balaban J connectivity index is 0.000000754. The Morgan fingerprint density at radius 3 is 2.06 bits per heavy atom. The number of hydrogen-bond acceptors (Lipinski definition) is 8. The highest BCUT2D eigenvalue weighted by molar-refractivity contribution is 5.87. The number of ether oxygens (including phenoxy) is 2. The minimum Gasteiger partial charge on any atom is -0.386 e. The third-order valence-electron chi connectivity index (χ3n) is 11.0. The van der Waals surface area contributed by atoms with Gasteiger partial charge in [0.05, 0.1) is 55.4 Å². The van der Waals surface area contributed by atoms with Crippen LogP contribution in [0.4, 0.5) is 0 Å². The van der Waals surface area contributed by atoms with E-state index >= 15 is 0 Å². The van der Waals surface area contributed by atoms with E-state index in [4.69, 9.17) is 9.47 Å². The van der Waals surface area contributed by atoms with Crippen molar-refractivity contribution in [1.82, 2.24) is 25.8 Å². The van der Waals surface area contributed by atoms with Gasteiger partial charge in [0.25, 0.3) is 0 Å². The van der Waals surface area contributed by atoms with Crippen molar-refractivity contribution in [2.45, 2.75) is 143 Å². The lowest BCUT2D eigenvalue weighted by Crippen LogP contribution is -2.55. The maximum absolute atomic E-state index is 13.9. The first-order valence-electron chi connectivity index (χ1n) is 20.0. The summed E-state index contributed by atoms with van der Waals surface area (Å²) in [6.45, 7) is 20.5. The van der Waals surface area contributed by atoms with Gasteiger partial charge < -0.3 is 40.3 Å². The van der Waals surface area contributed by atoms with Gasteiger partial charge in [-0.2, -0.15) is 0 Å². The van der Waals surface area contributed by atoms with Crippen molar-refractivity contribution in [2.24, 2.45) is 29.6 Å². The number of aliphatic hydroxyl groups excluding tert-OH is 1. The summed E-state index contributed by atoms with van der Waals surface area (Å²) in [5, 5.41) is 18.0. The van der Waals surface area contributed by atoms with Gasteiger partial charge in [-0.3, -0.25) is 19.2 Å². The van der Waals surface area contributed by atoms with Crippen LogP contribution in [0.5, 0.6) is 0 Å². The molecule has 1 saturated carbocycles. The Morgan fingerprint density at radius 2 is 1.59 bits per heavy atom. The topological polar surface area (TPSA) is 150 Å². The number of rotatable bonds is 19. The molecule has 310 valence electrons. The van der Waals surface area contributed by atoms with E-state index in [9.17, 15) is 24.3 Å². The molecule has 1 aliphatic heterocycles. The number of carbonyl (C=O) groups is 4. The summed E-state index contributed by atoms with van der Waals surface area (Å²) in [6, 6.07) is 8.63. The van der Waals surface area contributed by atoms with Crippen LogP contribution in [0.25, 0.3) is 0 Å². The molecule has 1 aliphatic carbocycles. The average Bonchev–Trinajstić information content (AvgIpc) is 3.57. The molecule has 1 aromatic carbocycles. The van der Waals surface area contributed by atoms with Gasteiger partial charge in [0.2, 0.25) is 24.1 Å². The normalized spacial score (nSPS) is 22.5. The van der Waals surface area contributed by atoms with Gasteiger partial charge in [0.1, 0.15) is 0 Å². The lowest BCUT2D eigenvalue weighted by molar-refractivity contribution is -0.145. The fourth-order valence-corrected chi connectivity index (χ4v) is 7.80. The molecule has 1 aromatic rings. The highest BCUT2D eigenvalue weighted by Gasteiger charge is 2.61. The molecular weight excluding hydrogens is 686 g/mol. The van der Waals surface area contributed by atoms with Gasteiger partial charge >= 0.3 is 0 Å². The second-order valence-electron chi connectivity index (χ2n) is 15.8. The highest BCUT2D eigenvalue weighted by atomic mass is 16.5. The first-order valence-corrected chi connectivity index (χ1v) is 20.0. The van der Waals surface area contributed by atoms with Gasteiger partial charge in [-0.05, 0) is 55.5 Å². The van der Waals surface area contributed by atoms with E-state index in [0.29, 0.717) is 24.2 Å². The maximum atomic E-state index is 13.9. The quantitative estimate of drug-likeness (QED) is 0.147. The van der Waals surface area contributed by atoms with Crippen LogP contribution in [0.1, 0.15) is 107 Å². The fourth-order valence-electron chi connectivity index (χ4n) is 7.80. The van der Waals surface area contributed by atoms with Crippen LogP contribution in [0, 0.1) is 29.6 Å². The van der Waals surface area contributed by atoms with Crippen LogP contribution in [0.15, 0.2) is 30.3 Å². The van der Waals surface area contributed by atoms with Crippen LogP contribution in [-0.4, -0.2) is 116 Å². The number of carbonyl (C=O) groups excluding carboxylic acids is 4. The third-order valence-corrected chi connectivity index (χ3v) is 11.0. The molecule has 0 aromatic heterocycles. The van der Waals surface area contributed by atoms with E-state index in [1.54, 1.807) is 40.1 Å². The van der Waals surface area contributed by atoms with Crippen molar-refractivity contribution >= 4 is 24.1 Å². The van der Waals surface area contributed by atoms with Crippen molar-refractivity contribution in [3.8, 4) is 0 Å². The van der Waals surface area contributed by atoms with Crippen LogP contribution in [-0.2, 0) is 28.7 Å². The number of likely N-dealkylation sites (tertiary alicyclic amines) is 1. The van der Waals surface area contributed by atoms with Crippen LogP contribution >= 0.6 is 0 Å². The summed E-state index contributed by atoms with van der Waals surface area (Å²) in [5.74, 6) is 1.20. The molecule has 2 aliphatic rings. The molecule has 0 radical (unpaired) electrons. The van der Waals surface area contributed by atoms with Crippen molar-refractivity contribution in [3.05, 3.63) is 35.9 Å². The van der Waals surface area contributed by atoms with Crippen LogP contribution in [0.3, 0.4) is 0 Å². The molecule has 3 rings (SSSR count). The molecule has 11 unspecified atom stereocenters. The van der Waals surface area contributed by atoms with E-state index in [1.165, 1.54) is 6.42 Å². The number of likely N-dealkylation sites (N-methyl/N-ethyl adjacent to an activating group) is 2. The maximum Gasteiger partial charge on any atom is 0.242 e. The first-order chi connectivity index (χ1) is 25.5. The van der Waals surface area contributed by atoms with E-state index < -0.39 is 12.2 Å². The zero-order valence-corrected chi connectivity index (χ0v) is 35.8. The van der Waals surface area contributed by atoms with Crippen LogP contribution < -0.4 is 16.0 Å². The zero-order valence-electron chi connectivity index (χ0n) is 35.8. The Bertz CT molecular complexity index is 1250. The van der Waals surface area contributed by atoms with Crippen molar-refractivity contribution in [3.63, 3.8) is 0 Å². The van der Waals surface area contributed by atoms with E-state index in [1.807, 2.05) is 44.2 Å². The molecule has 12 nitrogen and oxygen atoms in total. The molecule has 1 saturated heterocycles. The molecule has 0 spiro atoms. The molecule has 2 fully saturated rings. The average molecular weight is 762 g/mol.